The van der Waals surface area contributed by atoms with Crippen molar-refractivity contribution in [3.63, 3.8) is 0 Å². The van der Waals surface area contributed by atoms with Crippen molar-refractivity contribution in [1.29, 1.82) is 0 Å². The second kappa shape index (κ2) is 7.03. The monoisotopic (exact) mass is 304 g/mol. The molecule has 0 unspecified atom stereocenters. The van der Waals surface area contributed by atoms with Gasteiger partial charge in [0.2, 0.25) is 0 Å². The van der Waals surface area contributed by atoms with Gasteiger partial charge in [0.25, 0.3) is 5.91 Å². The van der Waals surface area contributed by atoms with E-state index in [1.165, 1.54) is 19.3 Å². The minimum Gasteiger partial charge on any atom is -0.366 e. The number of hydrogen-bond donors (Lipinski definition) is 1. The Kier molecular flexibility index (Phi) is 5.34. The molecular weight excluding hydrogens is 280 g/mol. The van der Waals surface area contributed by atoms with E-state index in [-0.39, 0.29) is 11.3 Å². The Bertz CT molecular complexity index is 493. The van der Waals surface area contributed by atoms with Crippen LogP contribution in [0.2, 0.25) is 0 Å². The quantitative estimate of drug-likeness (QED) is 0.867. The van der Waals surface area contributed by atoms with Crippen LogP contribution >= 0.6 is 12.2 Å². The zero-order valence-electron chi connectivity index (χ0n) is 12.9. The minimum atomic E-state index is -0.197. The van der Waals surface area contributed by atoms with E-state index < -0.39 is 0 Å². The molecule has 4 heteroatoms. The average molecular weight is 304 g/mol. The smallest absolute Gasteiger partial charge is 0.251 e. The summed E-state index contributed by atoms with van der Waals surface area (Å²) in [5.41, 5.74) is 0.495. The van der Waals surface area contributed by atoms with Crippen LogP contribution in [0.25, 0.3) is 0 Å². The van der Waals surface area contributed by atoms with Crippen LogP contribution in [0.3, 0.4) is 0 Å². The van der Waals surface area contributed by atoms with E-state index in [1.807, 2.05) is 30.3 Å². The van der Waals surface area contributed by atoms with Crippen LogP contribution in [-0.4, -0.2) is 35.4 Å². The number of nitrogens with zero attached hydrogens (tertiary/aromatic N) is 1. The van der Waals surface area contributed by atoms with Crippen LogP contribution < -0.4 is 5.32 Å². The Hall–Kier alpha value is -1.42. The zero-order valence-corrected chi connectivity index (χ0v) is 13.7. The zero-order chi connectivity index (χ0) is 15.3. The summed E-state index contributed by atoms with van der Waals surface area (Å²) >= 11 is 5.65. The van der Waals surface area contributed by atoms with E-state index >= 15 is 0 Å². The molecule has 1 heterocycles. The number of benzene rings is 1. The summed E-state index contributed by atoms with van der Waals surface area (Å²) in [6.07, 6.45) is 3.73. The number of carbonyl (C=O) groups excluding carboxylic acids is 1. The van der Waals surface area contributed by atoms with Gasteiger partial charge in [0.15, 0.2) is 0 Å². The molecule has 0 aromatic heterocycles. The van der Waals surface area contributed by atoms with Crippen molar-refractivity contribution in [2.24, 2.45) is 5.41 Å². The van der Waals surface area contributed by atoms with Crippen molar-refractivity contribution in [2.75, 3.05) is 19.6 Å². The Morgan fingerprint density at radius 1 is 1.19 bits per heavy atom. The molecule has 1 aromatic carbocycles. The first-order valence-electron chi connectivity index (χ1n) is 7.63. The van der Waals surface area contributed by atoms with Gasteiger partial charge in [-0.05, 0) is 31.4 Å². The van der Waals surface area contributed by atoms with E-state index in [0.717, 1.165) is 18.1 Å². The third-order valence-electron chi connectivity index (χ3n) is 3.95. The molecule has 1 aliphatic rings. The maximum Gasteiger partial charge on any atom is 0.251 e. The van der Waals surface area contributed by atoms with Gasteiger partial charge in [0.05, 0.1) is 4.99 Å². The molecular formula is C17H24N2OS. The Labute approximate surface area is 132 Å². The second-order valence-corrected chi connectivity index (χ2v) is 6.67. The number of thiocarbonyl (C=S) groups is 1. The maximum atomic E-state index is 12.1. The topological polar surface area (TPSA) is 32.3 Å². The molecule has 1 amide bonds. The first kappa shape index (κ1) is 16.0. The van der Waals surface area contributed by atoms with E-state index in [1.54, 1.807) is 0 Å². The van der Waals surface area contributed by atoms with Gasteiger partial charge in [-0.15, -0.1) is 0 Å². The molecule has 1 N–H and O–H groups in total. The van der Waals surface area contributed by atoms with Crippen molar-refractivity contribution in [2.45, 2.75) is 33.1 Å². The summed E-state index contributed by atoms with van der Waals surface area (Å²) in [6.45, 7) is 6.88. The van der Waals surface area contributed by atoms with Crippen molar-refractivity contribution < 1.29 is 4.79 Å². The lowest BCUT2D eigenvalue weighted by atomic mass is 9.91. The highest BCUT2D eigenvalue weighted by Crippen LogP contribution is 2.22. The lowest BCUT2D eigenvalue weighted by Gasteiger charge is -2.37. The predicted octanol–water partition coefficient (Wildman–Crippen LogP) is 3.26. The number of nitrogens with one attached hydrogen (secondary N) is 1. The standard InChI is InChI=1S/C17H24N2OS/c1-17(2,16(21)19-11-7-4-8-12-19)13-18-15(20)14-9-5-3-6-10-14/h3,5-6,9-10H,4,7-8,11-13H2,1-2H3,(H,18,20). The molecule has 0 atom stereocenters. The fourth-order valence-electron chi connectivity index (χ4n) is 2.59. The van der Waals surface area contributed by atoms with E-state index in [9.17, 15) is 4.79 Å². The molecule has 1 aliphatic heterocycles. The third-order valence-corrected chi connectivity index (χ3v) is 4.76. The number of amides is 1. The third kappa shape index (κ3) is 4.27. The molecule has 114 valence electrons. The minimum absolute atomic E-state index is 0.0369. The van der Waals surface area contributed by atoms with E-state index in [0.29, 0.717) is 12.1 Å². The van der Waals surface area contributed by atoms with Gasteiger partial charge in [-0.25, -0.2) is 0 Å². The highest BCUT2D eigenvalue weighted by Gasteiger charge is 2.29. The average Bonchev–Trinajstić information content (AvgIpc) is 2.53. The Morgan fingerprint density at radius 3 is 2.43 bits per heavy atom. The Morgan fingerprint density at radius 2 is 1.81 bits per heavy atom. The summed E-state index contributed by atoms with van der Waals surface area (Å²) in [4.78, 5) is 15.4. The van der Waals surface area contributed by atoms with Crippen molar-refractivity contribution in [3.05, 3.63) is 35.9 Å². The van der Waals surface area contributed by atoms with Gasteiger partial charge in [0.1, 0.15) is 0 Å². The summed E-state index contributed by atoms with van der Waals surface area (Å²) < 4.78 is 0. The molecule has 0 spiro atoms. The maximum absolute atomic E-state index is 12.1. The first-order valence-corrected chi connectivity index (χ1v) is 8.04. The number of hydrogen-bond acceptors (Lipinski definition) is 2. The molecule has 21 heavy (non-hydrogen) atoms. The highest BCUT2D eigenvalue weighted by molar-refractivity contribution is 7.80. The van der Waals surface area contributed by atoms with Crippen molar-refractivity contribution >= 4 is 23.1 Å². The summed E-state index contributed by atoms with van der Waals surface area (Å²) in [7, 11) is 0. The van der Waals surface area contributed by atoms with Gasteiger partial charge < -0.3 is 10.2 Å². The van der Waals surface area contributed by atoms with Crippen molar-refractivity contribution in [3.8, 4) is 0 Å². The lowest BCUT2D eigenvalue weighted by molar-refractivity contribution is 0.0943. The van der Waals surface area contributed by atoms with Crippen LogP contribution in [0.4, 0.5) is 0 Å². The van der Waals surface area contributed by atoms with Crippen LogP contribution in [0.15, 0.2) is 30.3 Å². The molecule has 0 bridgehead atoms. The number of piperidine rings is 1. The largest absolute Gasteiger partial charge is 0.366 e. The molecule has 1 aromatic rings. The van der Waals surface area contributed by atoms with Crippen LogP contribution in [0, 0.1) is 5.41 Å². The van der Waals surface area contributed by atoms with Gasteiger partial charge in [-0.3, -0.25) is 4.79 Å². The molecule has 2 rings (SSSR count). The van der Waals surface area contributed by atoms with Crippen LogP contribution in [0.5, 0.6) is 0 Å². The number of likely N-dealkylation sites (tertiary alicyclic amines) is 1. The van der Waals surface area contributed by atoms with Gasteiger partial charge in [-0.1, -0.05) is 44.3 Å². The lowest BCUT2D eigenvalue weighted by Crippen LogP contribution is -2.47. The number of carbonyl (C=O) groups is 1. The molecule has 1 fully saturated rings. The SMILES string of the molecule is CC(C)(CNC(=O)c1ccccc1)C(=S)N1CCCCC1. The normalized spacial score (nSPS) is 15.6. The first-order chi connectivity index (χ1) is 10.0. The number of rotatable bonds is 4. The molecule has 3 nitrogen and oxygen atoms in total. The van der Waals surface area contributed by atoms with Crippen LogP contribution in [-0.2, 0) is 0 Å². The fraction of sp³-hybridized carbons (Fsp3) is 0.529. The second-order valence-electron chi connectivity index (χ2n) is 6.29. The van der Waals surface area contributed by atoms with Gasteiger partial charge in [-0.2, -0.15) is 0 Å². The summed E-state index contributed by atoms with van der Waals surface area (Å²) in [6, 6.07) is 9.31. The predicted molar refractivity (Wildman–Crippen MR) is 90.6 cm³/mol. The van der Waals surface area contributed by atoms with E-state index in [4.69, 9.17) is 12.2 Å². The molecule has 0 radical (unpaired) electrons. The molecule has 0 saturated carbocycles. The summed E-state index contributed by atoms with van der Waals surface area (Å²) in [5.74, 6) is -0.0369. The van der Waals surface area contributed by atoms with Gasteiger partial charge >= 0.3 is 0 Å². The molecule has 1 saturated heterocycles. The van der Waals surface area contributed by atoms with Crippen LogP contribution in [0.1, 0.15) is 43.5 Å². The van der Waals surface area contributed by atoms with E-state index in [2.05, 4.69) is 24.1 Å². The fourth-order valence-corrected chi connectivity index (χ4v) is 2.85. The van der Waals surface area contributed by atoms with Crippen molar-refractivity contribution in [1.82, 2.24) is 10.2 Å². The summed E-state index contributed by atoms with van der Waals surface area (Å²) in [5, 5.41) is 3.01. The van der Waals surface area contributed by atoms with Gasteiger partial charge in [0, 0.05) is 30.6 Å². The Balaban J connectivity index is 1.91. The molecule has 0 aliphatic carbocycles. The highest BCUT2D eigenvalue weighted by atomic mass is 32.1.